The van der Waals surface area contributed by atoms with Crippen LogP contribution in [0.5, 0.6) is 0 Å². The van der Waals surface area contributed by atoms with E-state index < -0.39 is 0 Å². The molecule has 1 aliphatic rings. The van der Waals surface area contributed by atoms with Crippen LogP contribution in [0.4, 0.5) is 0 Å². The van der Waals surface area contributed by atoms with Crippen molar-refractivity contribution in [2.75, 3.05) is 19.7 Å². The first-order valence-electron chi connectivity index (χ1n) is 4.70. The van der Waals surface area contributed by atoms with E-state index in [0.29, 0.717) is 6.10 Å². The first kappa shape index (κ1) is 12.2. The predicted octanol–water partition coefficient (Wildman–Crippen LogP) is 1.83. The molecule has 1 saturated heterocycles. The Morgan fingerprint density at radius 1 is 1.42 bits per heavy atom. The van der Waals surface area contributed by atoms with Crippen LogP contribution in [-0.4, -0.2) is 25.8 Å². The van der Waals surface area contributed by atoms with Crippen LogP contribution in [0.15, 0.2) is 0 Å². The standard InChI is InChI=1S/C9H19NO.ClH/c1-3-8(4-2)9-7-10-5-6-11-9;/h8-10H,3-7H2,1-2H3;1H. The zero-order chi connectivity index (χ0) is 8.10. The third-order valence-corrected chi connectivity index (χ3v) is 2.53. The Hall–Kier alpha value is 0.210. The Bertz CT molecular complexity index is 101. The first-order chi connectivity index (χ1) is 5.38. The Labute approximate surface area is 81.5 Å². The molecule has 0 spiro atoms. The molecular formula is C9H20ClNO. The van der Waals surface area contributed by atoms with Gasteiger partial charge in [-0.25, -0.2) is 0 Å². The maximum atomic E-state index is 5.66. The van der Waals surface area contributed by atoms with Gasteiger partial charge in [-0.2, -0.15) is 0 Å². The summed E-state index contributed by atoms with van der Waals surface area (Å²) in [6.45, 7) is 7.45. The van der Waals surface area contributed by atoms with Crippen molar-refractivity contribution in [3.8, 4) is 0 Å². The fourth-order valence-corrected chi connectivity index (χ4v) is 1.70. The lowest BCUT2D eigenvalue weighted by Gasteiger charge is -2.29. The van der Waals surface area contributed by atoms with Crippen molar-refractivity contribution in [1.29, 1.82) is 0 Å². The van der Waals surface area contributed by atoms with Gasteiger partial charge in [-0.05, 0) is 5.92 Å². The van der Waals surface area contributed by atoms with Crippen LogP contribution >= 0.6 is 12.4 Å². The summed E-state index contributed by atoms with van der Waals surface area (Å²) in [7, 11) is 0. The first-order valence-corrected chi connectivity index (χ1v) is 4.70. The van der Waals surface area contributed by atoms with Crippen LogP contribution in [0.3, 0.4) is 0 Å². The number of ether oxygens (including phenoxy) is 1. The van der Waals surface area contributed by atoms with Gasteiger partial charge in [0, 0.05) is 13.1 Å². The van der Waals surface area contributed by atoms with E-state index in [4.69, 9.17) is 4.74 Å². The molecule has 0 aromatic rings. The summed E-state index contributed by atoms with van der Waals surface area (Å²) < 4.78 is 5.66. The molecule has 0 aromatic carbocycles. The number of rotatable bonds is 3. The van der Waals surface area contributed by atoms with Crippen molar-refractivity contribution < 1.29 is 4.74 Å². The molecule has 1 rings (SSSR count). The summed E-state index contributed by atoms with van der Waals surface area (Å²) >= 11 is 0. The molecule has 0 bridgehead atoms. The van der Waals surface area contributed by atoms with Crippen molar-refractivity contribution in [3.05, 3.63) is 0 Å². The Morgan fingerprint density at radius 3 is 2.50 bits per heavy atom. The molecule has 2 nitrogen and oxygen atoms in total. The van der Waals surface area contributed by atoms with Crippen LogP contribution in [0, 0.1) is 5.92 Å². The molecule has 0 radical (unpaired) electrons. The molecule has 0 saturated carbocycles. The highest BCUT2D eigenvalue weighted by molar-refractivity contribution is 5.85. The van der Waals surface area contributed by atoms with Gasteiger partial charge in [0.15, 0.2) is 0 Å². The van der Waals surface area contributed by atoms with Crippen molar-refractivity contribution in [2.24, 2.45) is 5.92 Å². The van der Waals surface area contributed by atoms with Gasteiger partial charge in [-0.3, -0.25) is 0 Å². The van der Waals surface area contributed by atoms with Gasteiger partial charge < -0.3 is 10.1 Å². The largest absolute Gasteiger partial charge is 0.375 e. The average molecular weight is 194 g/mol. The minimum atomic E-state index is 0. The van der Waals surface area contributed by atoms with E-state index in [2.05, 4.69) is 19.2 Å². The van der Waals surface area contributed by atoms with Crippen LogP contribution in [-0.2, 0) is 4.74 Å². The lowest BCUT2D eigenvalue weighted by molar-refractivity contribution is -0.0112. The number of morpholine rings is 1. The van der Waals surface area contributed by atoms with Crippen LogP contribution in [0.1, 0.15) is 26.7 Å². The van der Waals surface area contributed by atoms with Gasteiger partial charge in [0.25, 0.3) is 0 Å². The van der Waals surface area contributed by atoms with Gasteiger partial charge in [0.1, 0.15) is 0 Å². The third kappa shape index (κ3) is 3.30. The second-order valence-corrected chi connectivity index (χ2v) is 3.19. The molecule has 1 N–H and O–H groups in total. The summed E-state index contributed by atoms with van der Waals surface area (Å²) in [5, 5.41) is 3.36. The molecule has 12 heavy (non-hydrogen) atoms. The molecule has 1 aliphatic heterocycles. The normalized spacial score (nSPS) is 23.8. The number of nitrogens with one attached hydrogen (secondary N) is 1. The molecule has 3 heteroatoms. The zero-order valence-electron chi connectivity index (χ0n) is 8.01. The van der Waals surface area contributed by atoms with E-state index in [0.717, 1.165) is 25.6 Å². The molecule has 0 aromatic heterocycles. The predicted molar refractivity (Wildman–Crippen MR) is 53.9 cm³/mol. The summed E-state index contributed by atoms with van der Waals surface area (Å²) in [5.41, 5.74) is 0. The number of hydrogen-bond donors (Lipinski definition) is 1. The highest BCUT2D eigenvalue weighted by Crippen LogP contribution is 2.16. The van der Waals surface area contributed by atoms with E-state index >= 15 is 0 Å². The summed E-state index contributed by atoms with van der Waals surface area (Å²) in [6.07, 6.45) is 2.95. The average Bonchev–Trinajstić information content (AvgIpc) is 2.09. The SMILES string of the molecule is CCC(CC)C1CNCCO1.Cl. The van der Waals surface area contributed by atoms with Crippen LogP contribution in [0.25, 0.3) is 0 Å². The Morgan fingerprint density at radius 2 is 2.08 bits per heavy atom. The molecule has 1 unspecified atom stereocenters. The fourth-order valence-electron chi connectivity index (χ4n) is 1.70. The summed E-state index contributed by atoms with van der Waals surface area (Å²) in [5.74, 6) is 0.753. The van der Waals surface area contributed by atoms with E-state index in [1.54, 1.807) is 0 Å². The molecular weight excluding hydrogens is 174 g/mol. The molecule has 1 fully saturated rings. The smallest absolute Gasteiger partial charge is 0.0727 e. The maximum absolute atomic E-state index is 5.66. The van der Waals surface area contributed by atoms with Crippen LogP contribution in [0.2, 0.25) is 0 Å². The minimum Gasteiger partial charge on any atom is -0.375 e. The topological polar surface area (TPSA) is 21.3 Å². The number of halogens is 1. The highest BCUT2D eigenvalue weighted by atomic mass is 35.5. The molecule has 0 aliphatic carbocycles. The molecule has 1 atom stereocenters. The van der Waals surface area contributed by atoms with E-state index in [1.807, 2.05) is 0 Å². The van der Waals surface area contributed by atoms with Crippen molar-refractivity contribution >= 4 is 12.4 Å². The van der Waals surface area contributed by atoms with Crippen molar-refractivity contribution in [3.63, 3.8) is 0 Å². The van der Waals surface area contributed by atoms with Crippen molar-refractivity contribution in [1.82, 2.24) is 5.32 Å². The lowest BCUT2D eigenvalue weighted by Crippen LogP contribution is -2.42. The third-order valence-electron chi connectivity index (χ3n) is 2.53. The van der Waals surface area contributed by atoms with Gasteiger partial charge in [-0.1, -0.05) is 26.7 Å². The van der Waals surface area contributed by atoms with Crippen molar-refractivity contribution in [2.45, 2.75) is 32.8 Å². The minimum absolute atomic E-state index is 0. The molecule has 0 amide bonds. The monoisotopic (exact) mass is 193 g/mol. The van der Waals surface area contributed by atoms with Gasteiger partial charge in [0.2, 0.25) is 0 Å². The number of hydrogen-bond acceptors (Lipinski definition) is 2. The fraction of sp³-hybridized carbons (Fsp3) is 1.00. The second kappa shape index (κ2) is 6.70. The maximum Gasteiger partial charge on any atom is 0.0727 e. The Kier molecular flexibility index (Phi) is 6.81. The zero-order valence-corrected chi connectivity index (χ0v) is 8.82. The van der Waals surface area contributed by atoms with Gasteiger partial charge in [-0.15, -0.1) is 12.4 Å². The molecule has 74 valence electrons. The van der Waals surface area contributed by atoms with Gasteiger partial charge >= 0.3 is 0 Å². The van der Waals surface area contributed by atoms with Gasteiger partial charge in [0.05, 0.1) is 12.7 Å². The quantitative estimate of drug-likeness (QED) is 0.739. The summed E-state index contributed by atoms with van der Waals surface area (Å²) in [4.78, 5) is 0. The summed E-state index contributed by atoms with van der Waals surface area (Å²) in [6, 6.07) is 0. The highest BCUT2D eigenvalue weighted by Gasteiger charge is 2.20. The Balaban J connectivity index is 0.00000121. The van der Waals surface area contributed by atoms with E-state index in [-0.39, 0.29) is 12.4 Å². The van der Waals surface area contributed by atoms with E-state index in [1.165, 1.54) is 12.8 Å². The lowest BCUT2D eigenvalue weighted by atomic mass is 9.96. The van der Waals surface area contributed by atoms with Crippen LogP contribution < -0.4 is 5.32 Å². The second-order valence-electron chi connectivity index (χ2n) is 3.19. The van der Waals surface area contributed by atoms with E-state index in [9.17, 15) is 0 Å². The molecule has 1 heterocycles.